The Morgan fingerprint density at radius 2 is 1.55 bits per heavy atom. The number of carbonyl (C=O) groups excluding carboxylic acids is 2. The van der Waals surface area contributed by atoms with Crippen LogP contribution >= 0.6 is 0 Å². The average molecular weight is 450 g/mol. The Morgan fingerprint density at radius 3 is 2.16 bits per heavy atom. The van der Waals surface area contributed by atoms with E-state index in [0.717, 1.165) is 15.4 Å². The first kappa shape index (κ1) is 24.2. The van der Waals surface area contributed by atoms with E-state index in [0.29, 0.717) is 18.1 Å². The number of para-hydroxylation sites is 2. The highest BCUT2D eigenvalue weighted by Gasteiger charge is 2.23. The second kappa shape index (κ2) is 10.8. The third-order valence-corrected chi connectivity index (χ3v) is 6.20. The minimum absolute atomic E-state index is 0.0938. The monoisotopic (exact) mass is 449 g/mol. The van der Waals surface area contributed by atoms with Crippen LogP contribution in [0.3, 0.4) is 0 Å². The molecule has 0 heterocycles. The van der Waals surface area contributed by atoms with Crippen LogP contribution < -0.4 is 20.3 Å². The summed E-state index contributed by atoms with van der Waals surface area (Å²) in [6.07, 6.45) is 0. The van der Waals surface area contributed by atoms with E-state index in [1.807, 2.05) is 20.8 Å². The summed E-state index contributed by atoms with van der Waals surface area (Å²) >= 11 is 0. The summed E-state index contributed by atoms with van der Waals surface area (Å²) in [7, 11) is -2.56. The molecule has 10 heteroatoms. The van der Waals surface area contributed by atoms with Gasteiger partial charge in [-0.2, -0.15) is 4.31 Å². The Hall–Kier alpha value is -3.11. The molecule has 168 valence electrons. The molecule has 0 aliphatic carbocycles. The Morgan fingerprint density at radius 1 is 0.935 bits per heavy atom. The number of likely N-dealkylation sites (N-methyl/N-ethyl adjacent to an activating group) is 1. The van der Waals surface area contributed by atoms with E-state index in [-0.39, 0.29) is 11.5 Å². The van der Waals surface area contributed by atoms with Crippen molar-refractivity contribution in [2.75, 3.05) is 26.8 Å². The lowest BCUT2D eigenvalue weighted by atomic mass is 10.1. The number of carbonyl (C=O) groups is 2. The molecule has 2 N–H and O–H groups in total. The van der Waals surface area contributed by atoms with Gasteiger partial charge < -0.3 is 9.47 Å². The van der Waals surface area contributed by atoms with Gasteiger partial charge in [-0.05, 0) is 56.2 Å². The zero-order valence-electron chi connectivity index (χ0n) is 18.0. The normalized spacial score (nSPS) is 11.1. The Labute approximate surface area is 182 Å². The van der Waals surface area contributed by atoms with E-state index in [1.54, 1.807) is 36.4 Å². The highest BCUT2D eigenvalue weighted by Crippen LogP contribution is 2.26. The molecule has 0 radical (unpaired) electrons. The molecular formula is C21H27N3O6S. The van der Waals surface area contributed by atoms with E-state index in [4.69, 9.17) is 9.47 Å². The van der Waals surface area contributed by atoms with Crippen LogP contribution in [0.2, 0.25) is 0 Å². The molecule has 2 aromatic carbocycles. The molecule has 0 aromatic heterocycles. The SMILES string of the molecule is CCOc1ccccc1OCC(=O)NNC(=O)CN(C)S(=O)(=O)c1ccc(C)c(C)c1. The fourth-order valence-electron chi connectivity index (χ4n) is 2.54. The van der Waals surface area contributed by atoms with E-state index >= 15 is 0 Å². The van der Waals surface area contributed by atoms with Crippen LogP contribution in [0.5, 0.6) is 11.5 Å². The number of benzene rings is 2. The number of ether oxygens (including phenoxy) is 2. The van der Waals surface area contributed by atoms with E-state index in [9.17, 15) is 18.0 Å². The third-order valence-electron chi connectivity index (χ3n) is 4.40. The lowest BCUT2D eigenvalue weighted by molar-refractivity contribution is -0.130. The molecular weight excluding hydrogens is 422 g/mol. The minimum atomic E-state index is -3.85. The van der Waals surface area contributed by atoms with Gasteiger partial charge in [0.25, 0.3) is 11.8 Å². The number of amides is 2. The Balaban J connectivity index is 1.85. The maximum Gasteiger partial charge on any atom is 0.276 e. The van der Waals surface area contributed by atoms with Crippen LogP contribution in [0.4, 0.5) is 0 Å². The standard InChI is InChI=1S/C21H27N3O6S/c1-5-29-18-8-6-7-9-19(18)30-14-21(26)23-22-20(25)13-24(4)31(27,28)17-11-10-15(2)16(3)12-17/h6-12H,5,13-14H2,1-4H3,(H,22,25)(H,23,26). The number of nitrogens with one attached hydrogen (secondary N) is 2. The summed E-state index contributed by atoms with van der Waals surface area (Å²) in [6, 6.07) is 11.6. The van der Waals surface area contributed by atoms with Crippen LogP contribution in [0.25, 0.3) is 0 Å². The highest BCUT2D eigenvalue weighted by molar-refractivity contribution is 7.89. The molecule has 31 heavy (non-hydrogen) atoms. The fourth-order valence-corrected chi connectivity index (χ4v) is 3.76. The quantitative estimate of drug-likeness (QED) is 0.562. The lowest BCUT2D eigenvalue weighted by Gasteiger charge is -2.18. The zero-order chi connectivity index (χ0) is 23.0. The Kier molecular flexibility index (Phi) is 8.40. The lowest BCUT2D eigenvalue weighted by Crippen LogP contribution is -2.48. The van der Waals surface area contributed by atoms with Gasteiger partial charge in [-0.25, -0.2) is 8.42 Å². The van der Waals surface area contributed by atoms with Gasteiger partial charge in [-0.3, -0.25) is 20.4 Å². The van der Waals surface area contributed by atoms with Gasteiger partial charge in [0.15, 0.2) is 18.1 Å². The maximum atomic E-state index is 12.6. The molecule has 0 aliphatic heterocycles. The van der Waals surface area contributed by atoms with Crippen LogP contribution in [-0.2, 0) is 19.6 Å². The van der Waals surface area contributed by atoms with Gasteiger partial charge in [-0.15, -0.1) is 0 Å². The molecule has 0 bridgehead atoms. The van der Waals surface area contributed by atoms with Gasteiger partial charge >= 0.3 is 0 Å². The smallest absolute Gasteiger partial charge is 0.276 e. The highest BCUT2D eigenvalue weighted by atomic mass is 32.2. The second-order valence-electron chi connectivity index (χ2n) is 6.77. The number of aryl methyl sites for hydroxylation is 2. The second-order valence-corrected chi connectivity index (χ2v) is 8.82. The van der Waals surface area contributed by atoms with E-state index in [2.05, 4.69) is 10.9 Å². The topological polar surface area (TPSA) is 114 Å². The molecule has 2 aromatic rings. The summed E-state index contributed by atoms with van der Waals surface area (Å²) in [4.78, 5) is 24.1. The molecule has 0 aliphatic rings. The number of sulfonamides is 1. The van der Waals surface area contributed by atoms with Crippen LogP contribution in [0.1, 0.15) is 18.1 Å². The number of hydrogen-bond donors (Lipinski definition) is 2. The summed E-state index contributed by atoms with van der Waals surface area (Å²) in [6.45, 7) is 5.14. The van der Waals surface area contributed by atoms with Gasteiger partial charge in [0.2, 0.25) is 10.0 Å². The van der Waals surface area contributed by atoms with Gasteiger partial charge in [0.05, 0.1) is 18.0 Å². The zero-order valence-corrected chi connectivity index (χ0v) is 18.8. The summed E-state index contributed by atoms with van der Waals surface area (Å²) in [5.74, 6) is -0.414. The number of hydrazine groups is 1. The minimum Gasteiger partial charge on any atom is -0.490 e. The van der Waals surface area contributed by atoms with Crippen molar-refractivity contribution >= 4 is 21.8 Å². The Bertz CT molecular complexity index is 1040. The average Bonchev–Trinajstić information content (AvgIpc) is 2.73. The number of rotatable bonds is 9. The molecule has 0 atom stereocenters. The molecule has 0 spiro atoms. The predicted octanol–water partition coefficient (Wildman–Crippen LogP) is 1.55. The number of nitrogens with zero attached hydrogens (tertiary/aromatic N) is 1. The van der Waals surface area contributed by atoms with Crippen LogP contribution in [-0.4, -0.2) is 51.3 Å². The van der Waals surface area contributed by atoms with Crippen molar-refractivity contribution in [2.24, 2.45) is 0 Å². The molecule has 2 amide bonds. The van der Waals surface area contributed by atoms with Crippen molar-refractivity contribution in [3.8, 4) is 11.5 Å². The van der Waals surface area contributed by atoms with Crippen molar-refractivity contribution in [2.45, 2.75) is 25.7 Å². The number of hydrogen-bond acceptors (Lipinski definition) is 6. The van der Waals surface area contributed by atoms with Crippen molar-refractivity contribution in [3.63, 3.8) is 0 Å². The van der Waals surface area contributed by atoms with Crippen LogP contribution in [0, 0.1) is 13.8 Å². The first-order chi connectivity index (χ1) is 14.6. The van der Waals surface area contributed by atoms with Crippen molar-refractivity contribution in [1.29, 1.82) is 0 Å². The van der Waals surface area contributed by atoms with Crippen molar-refractivity contribution < 1.29 is 27.5 Å². The van der Waals surface area contributed by atoms with Gasteiger partial charge in [0, 0.05) is 7.05 Å². The predicted molar refractivity (Wildman–Crippen MR) is 115 cm³/mol. The van der Waals surface area contributed by atoms with Gasteiger partial charge in [0.1, 0.15) is 0 Å². The molecule has 0 saturated heterocycles. The van der Waals surface area contributed by atoms with E-state index < -0.39 is 28.4 Å². The van der Waals surface area contributed by atoms with Crippen molar-refractivity contribution in [3.05, 3.63) is 53.6 Å². The summed E-state index contributed by atoms with van der Waals surface area (Å²) in [5, 5.41) is 0. The third kappa shape index (κ3) is 6.69. The fraction of sp³-hybridized carbons (Fsp3) is 0.333. The summed E-state index contributed by atoms with van der Waals surface area (Å²) in [5.41, 5.74) is 6.17. The first-order valence-electron chi connectivity index (χ1n) is 9.61. The van der Waals surface area contributed by atoms with E-state index in [1.165, 1.54) is 13.1 Å². The summed E-state index contributed by atoms with van der Waals surface area (Å²) < 4.78 is 37.0. The molecule has 0 saturated carbocycles. The molecule has 9 nitrogen and oxygen atoms in total. The molecule has 0 fully saturated rings. The van der Waals surface area contributed by atoms with Crippen LogP contribution in [0.15, 0.2) is 47.4 Å². The maximum absolute atomic E-state index is 12.6. The van der Waals surface area contributed by atoms with Crippen molar-refractivity contribution in [1.82, 2.24) is 15.2 Å². The van der Waals surface area contributed by atoms with Gasteiger partial charge in [-0.1, -0.05) is 18.2 Å². The molecule has 0 unspecified atom stereocenters. The molecule has 2 rings (SSSR count). The first-order valence-corrected chi connectivity index (χ1v) is 11.0. The largest absolute Gasteiger partial charge is 0.490 e.